The lowest BCUT2D eigenvalue weighted by atomic mass is 10.0. The number of alkyl halides is 3. The minimum absolute atomic E-state index is 0.236. The predicted octanol–water partition coefficient (Wildman–Crippen LogP) is 5.42. The molecule has 0 aliphatic carbocycles. The van der Waals surface area contributed by atoms with Crippen molar-refractivity contribution in [1.82, 2.24) is 9.78 Å². The summed E-state index contributed by atoms with van der Waals surface area (Å²) in [6, 6.07) is 22.1. The molecule has 0 atom stereocenters. The molecule has 0 spiro atoms. The van der Waals surface area contributed by atoms with Gasteiger partial charge in [0.05, 0.1) is 13.2 Å². The van der Waals surface area contributed by atoms with Gasteiger partial charge in [0.25, 0.3) is 5.91 Å². The number of rotatable bonds is 7. The maximum atomic E-state index is 12.6. The fourth-order valence-electron chi connectivity index (χ4n) is 3.40. The number of hydrogen-bond donors (Lipinski definition) is 1. The Kier molecular flexibility index (Phi) is 6.23. The number of amides is 1. The van der Waals surface area contributed by atoms with Crippen molar-refractivity contribution >= 4 is 22.5 Å². The summed E-state index contributed by atoms with van der Waals surface area (Å²) in [5.41, 5.74) is 1.89. The molecule has 4 rings (SSSR count). The van der Waals surface area contributed by atoms with E-state index in [1.807, 2.05) is 24.3 Å². The van der Waals surface area contributed by atoms with Crippen molar-refractivity contribution in [3.05, 3.63) is 95.7 Å². The standard InChI is InChI=1S/C24H20F3N3O2/c25-24(26,27)16-32-15-17-5-3-8-19(13-17)23(31)28-22-11-12-30(29-22)14-20-9-4-7-18-6-1-2-10-21(18)20/h1-13H,14-16H2,(H,28,29,31). The Balaban J connectivity index is 1.40. The van der Waals surface area contributed by atoms with E-state index in [0.717, 1.165) is 16.3 Å². The fraction of sp³-hybridized carbons (Fsp3) is 0.167. The van der Waals surface area contributed by atoms with E-state index in [0.29, 0.717) is 23.5 Å². The topological polar surface area (TPSA) is 56.2 Å². The number of anilines is 1. The molecule has 1 N–H and O–H groups in total. The first-order valence-electron chi connectivity index (χ1n) is 9.92. The highest BCUT2D eigenvalue weighted by Crippen LogP contribution is 2.20. The van der Waals surface area contributed by atoms with Crippen LogP contribution in [0.2, 0.25) is 0 Å². The number of halogens is 3. The Hall–Kier alpha value is -3.65. The molecule has 0 saturated heterocycles. The summed E-state index contributed by atoms with van der Waals surface area (Å²) in [4.78, 5) is 12.6. The van der Waals surface area contributed by atoms with Crippen molar-refractivity contribution in [2.45, 2.75) is 19.3 Å². The number of nitrogens with one attached hydrogen (secondary N) is 1. The van der Waals surface area contributed by atoms with Gasteiger partial charge in [-0.25, -0.2) is 0 Å². The molecule has 0 aliphatic heterocycles. The third kappa shape index (κ3) is 5.53. The molecule has 32 heavy (non-hydrogen) atoms. The number of carbonyl (C=O) groups is 1. The first-order valence-corrected chi connectivity index (χ1v) is 9.92. The molecule has 0 unspecified atom stereocenters. The zero-order valence-corrected chi connectivity index (χ0v) is 17.0. The van der Waals surface area contributed by atoms with Crippen molar-refractivity contribution in [1.29, 1.82) is 0 Å². The third-order valence-electron chi connectivity index (χ3n) is 4.82. The number of carbonyl (C=O) groups excluding carboxylic acids is 1. The average Bonchev–Trinajstić information content (AvgIpc) is 3.20. The molecule has 0 aliphatic rings. The van der Waals surface area contributed by atoms with Gasteiger partial charge in [0.2, 0.25) is 0 Å². The highest BCUT2D eigenvalue weighted by molar-refractivity contribution is 6.03. The summed E-state index contributed by atoms with van der Waals surface area (Å²) in [6.45, 7) is -1.03. The molecular weight excluding hydrogens is 419 g/mol. The Labute approximate surface area is 182 Å². The lowest BCUT2D eigenvalue weighted by Gasteiger charge is -2.09. The summed E-state index contributed by atoms with van der Waals surface area (Å²) >= 11 is 0. The van der Waals surface area contributed by atoms with Gasteiger partial charge in [0.15, 0.2) is 5.82 Å². The van der Waals surface area contributed by atoms with E-state index in [1.54, 1.807) is 35.1 Å². The van der Waals surface area contributed by atoms with Gasteiger partial charge in [-0.1, -0.05) is 54.6 Å². The van der Waals surface area contributed by atoms with Crippen LogP contribution in [-0.2, 0) is 17.9 Å². The van der Waals surface area contributed by atoms with Crippen LogP contribution in [0.15, 0.2) is 79.0 Å². The van der Waals surface area contributed by atoms with Gasteiger partial charge in [-0.3, -0.25) is 9.48 Å². The van der Waals surface area contributed by atoms with E-state index >= 15 is 0 Å². The van der Waals surface area contributed by atoms with Crippen LogP contribution in [0.4, 0.5) is 19.0 Å². The second-order valence-electron chi connectivity index (χ2n) is 7.30. The summed E-state index contributed by atoms with van der Waals surface area (Å²) < 4.78 is 43.1. The van der Waals surface area contributed by atoms with Crippen molar-refractivity contribution < 1.29 is 22.7 Å². The first-order chi connectivity index (χ1) is 15.4. The Morgan fingerprint density at radius 3 is 2.62 bits per heavy atom. The molecule has 0 fully saturated rings. The minimum Gasteiger partial charge on any atom is -0.367 e. The van der Waals surface area contributed by atoms with Crippen LogP contribution >= 0.6 is 0 Å². The summed E-state index contributed by atoms with van der Waals surface area (Å²) in [5, 5.41) is 9.41. The monoisotopic (exact) mass is 439 g/mol. The Morgan fingerprint density at radius 2 is 1.78 bits per heavy atom. The van der Waals surface area contributed by atoms with Gasteiger partial charge >= 0.3 is 6.18 Å². The van der Waals surface area contributed by atoms with E-state index in [9.17, 15) is 18.0 Å². The van der Waals surface area contributed by atoms with Crippen LogP contribution in [0.3, 0.4) is 0 Å². The fourth-order valence-corrected chi connectivity index (χ4v) is 3.40. The van der Waals surface area contributed by atoms with Gasteiger partial charge < -0.3 is 10.1 Å². The predicted molar refractivity (Wildman–Crippen MR) is 115 cm³/mol. The number of nitrogens with zero attached hydrogens (tertiary/aromatic N) is 2. The molecule has 1 amide bonds. The SMILES string of the molecule is O=C(Nc1ccn(Cc2cccc3ccccc23)n1)c1cccc(COCC(F)(F)F)c1. The molecular formula is C24H20F3N3O2. The van der Waals surface area contributed by atoms with Gasteiger partial charge in [0.1, 0.15) is 6.61 Å². The zero-order valence-electron chi connectivity index (χ0n) is 17.0. The zero-order chi connectivity index (χ0) is 22.6. The number of hydrogen-bond acceptors (Lipinski definition) is 3. The van der Waals surface area contributed by atoms with E-state index in [-0.39, 0.29) is 6.61 Å². The molecule has 164 valence electrons. The van der Waals surface area contributed by atoms with Crippen molar-refractivity contribution in [3.63, 3.8) is 0 Å². The summed E-state index contributed by atoms with van der Waals surface area (Å²) in [6.07, 6.45) is -2.61. The van der Waals surface area contributed by atoms with E-state index in [4.69, 9.17) is 0 Å². The van der Waals surface area contributed by atoms with Crippen molar-refractivity contribution in [2.24, 2.45) is 0 Å². The van der Waals surface area contributed by atoms with Gasteiger partial charge in [-0.05, 0) is 34.0 Å². The molecule has 4 aromatic rings. The van der Waals surface area contributed by atoms with Crippen LogP contribution in [0.1, 0.15) is 21.5 Å². The van der Waals surface area contributed by atoms with Crippen LogP contribution in [0.25, 0.3) is 10.8 Å². The number of benzene rings is 3. The lowest BCUT2D eigenvalue weighted by Crippen LogP contribution is -2.17. The normalized spacial score (nSPS) is 11.6. The van der Waals surface area contributed by atoms with E-state index in [1.165, 1.54) is 6.07 Å². The van der Waals surface area contributed by atoms with Crippen LogP contribution in [0.5, 0.6) is 0 Å². The Bertz CT molecular complexity index is 1230. The lowest BCUT2D eigenvalue weighted by molar-refractivity contribution is -0.176. The van der Waals surface area contributed by atoms with Crippen LogP contribution in [0, 0.1) is 0 Å². The molecule has 1 heterocycles. The summed E-state index contributed by atoms with van der Waals surface area (Å²) in [7, 11) is 0. The molecule has 3 aromatic carbocycles. The number of aromatic nitrogens is 2. The van der Waals surface area contributed by atoms with Gasteiger partial charge in [-0.15, -0.1) is 0 Å². The summed E-state index contributed by atoms with van der Waals surface area (Å²) in [5.74, 6) is -0.0213. The van der Waals surface area contributed by atoms with E-state index < -0.39 is 18.7 Å². The number of fused-ring (bicyclic) bond motifs is 1. The van der Waals surface area contributed by atoms with Crippen molar-refractivity contribution in [3.8, 4) is 0 Å². The highest BCUT2D eigenvalue weighted by Gasteiger charge is 2.27. The minimum atomic E-state index is -4.39. The van der Waals surface area contributed by atoms with Gasteiger partial charge in [-0.2, -0.15) is 18.3 Å². The smallest absolute Gasteiger partial charge is 0.367 e. The third-order valence-corrected chi connectivity index (χ3v) is 4.82. The number of ether oxygens (including phenoxy) is 1. The highest BCUT2D eigenvalue weighted by atomic mass is 19.4. The second-order valence-corrected chi connectivity index (χ2v) is 7.30. The Morgan fingerprint density at radius 1 is 1.00 bits per heavy atom. The molecule has 8 heteroatoms. The molecule has 5 nitrogen and oxygen atoms in total. The second kappa shape index (κ2) is 9.23. The maximum absolute atomic E-state index is 12.6. The average molecular weight is 439 g/mol. The van der Waals surface area contributed by atoms with Crippen molar-refractivity contribution in [2.75, 3.05) is 11.9 Å². The molecule has 0 bridgehead atoms. The molecule has 1 aromatic heterocycles. The van der Waals surface area contributed by atoms with Gasteiger partial charge in [0, 0.05) is 17.8 Å². The molecule has 0 saturated carbocycles. The quantitative estimate of drug-likeness (QED) is 0.419. The van der Waals surface area contributed by atoms with Crippen LogP contribution < -0.4 is 5.32 Å². The van der Waals surface area contributed by atoms with E-state index in [2.05, 4.69) is 33.4 Å². The first kappa shape index (κ1) is 21.6. The van der Waals surface area contributed by atoms with Crippen LogP contribution in [-0.4, -0.2) is 28.5 Å². The maximum Gasteiger partial charge on any atom is 0.411 e. The molecule has 0 radical (unpaired) electrons. The largest absolute Gasteiger partial charge is 0.411 e.